The molecule has 1 atom stereocenters. The first kappa shape index (κ1) is 14.5. The second-order valence-corrected chi connectivity index (χ2v) is 4.09. The normalized spacial score (nSPS) is 12.7. The summed E-state index contributed by atoms with van der Waals surface area (Å²) in [4.78, 5) is 29.7. The highest BCUT2D eigenvalue weighted by molar-refractivity contribution is 5.21. The van der Waals surface area contributed by atoms with Gasteiger partial charge in [-0.05, 0) is 5.56 Å². The van der Waals surface area contributed by atoms with Gasteiger partial charge in [-0.25, -0.2) is 0 Å². The maximum Gasteiger partial charge on any atom is 0.468 e. The molecule has 9 heteroatoms. The van der Waals surface area contributed by atoms with Gasteiger partial charge in [0.1, 0.15) is 0 Å². The Morgan fingerprint density at radius 3 is 1.89 bits per heavy atom. The van der Waals surface area contributed by atoms with Gasteiger partial charge in [-0.2, -0.15) is 0 Å². The summed E-state index contributed by atoms with van der Waals surface area (Å²) in [6.45, 7) is -0.101. The zero-order valence-corrected chi connectivity index (χ0v) is 9.96. The fourth-order valence-corrected chi connectivity index (χ4v) is 1.75. The molecular weight excluding hydrogens is 258 g/mol. The highest BCUT2D eigenvalue weighted by Gasteiger charge is 2.60. The summed E-state index contributed by atoms with van der Waals surface area (Å²) in [7, 11) is 0. The monoisotopic (exact) mass is 269 g/mol. The summed E-state index contributed by atoms with van der Waals surface area (Å²) in [6, 6.07) is 7.45. The van der Waals surface area contributed by atoms with E-state index in [1.165, 1.54) is 24.3 Å². The minimum atomic E-state index is -2.64. The van der Waals surface area contributed by atoms with Crippen molar-refractivity contribution in [3.8, 4) is 0 Å². The van der Waals surface area contributed by atoms with E-state index in [1.807, 2.05) is 0 Å². The van der Waals surface area contributed by atoms with E-state index >= 15 is 0 Å². The third kappa shape index (κ3) is 2.81. The van der Waals surface area contributed by atoms with E-state index in [2.05, 4.69) is 0 Å². The molecule has 0 amide bonds. The summed E-state index contributed by atoms with van der Waals surface area (Å²) in [5.74, 6) is -1.45. The number of benzene rings is 1. The van der Waals surface area contributed by atoms with Crippen LogP contribution in [0.5, 0.6) is 0 Å². The van der Waals surface area contributed by atoms with Gasteiger partial charge in [-0.15, -0.1) is 0 Å². The number of rotatable bonds is 6. The van der Waals surface area contributed by atoms with E-state index in [0.717, 1.165) is 6.92 Å². The zero-order valence-electron chi connectivity index (χ0n) is 9.96. The Hall–Kier alpha value is -2.58. The molecule has 0 aliphatic carbocycles. The third-order valence-electron chi connectivity index (χ3n) is 2.93. The maximum atomic E-state index is 11.0. The van der Waals surface area contributed by atoms with Crippen LogP contribution in [0.15, 0.2) is 30.3 Å². The summed E-state index contributed by atoms with van der Waals surface area (Å²) < 4.78 is 0. The van der Waals surface area contributed by atoms with Crippen LogP contribution in [0.3, 0.4) is 0 Å². The van der Waals surface area contributed by atoms with Crippen molar-refractivity contribution in [2.24, 2.45) is 0 Å². The Morgan fingerprint density at radius 1 is 1.05 bits per heavy atom. The Morgan fingerprint density at radius 2 is 1.53 bits per heavy atom. The predicted octanol–water partition coefficient (Wildman–Crippen LogP) is 1.32. The van der Waals surface area contributed by atoms with E-state index in [1.54, 1.807) is 6.07 Å². The molecule has 0 fully saturated rings. The SMILES string of the molecule is CC([C@@H](C[N+](=O)[O-])c1ccccc1)([N+](=O)[O-])[N+](=O)[O-]. The van der Waals surface area contributed by atoms with Crippen LogP contribution in [0.25, 0.3) is 0 Å². The first-order valence-electron chi connectivity index (χ1n) is 5.26. The van der Waals surface area contributed by atoms with E-state index in [-0.39, 0.29) is 5.56 Å². The maximum absolute atomic E-state index is 11.0. The Labute approximate surface area is 107 Å². The van der Waals surface area contributed by atoms with E-state index in [0.29, 0.717) is 0 Å². The summed E-state index contributed by atoms with van der Waals surface area (Å²) in [6.07, 6.45) is 0. The quantitative estimate of drug-likeness (QED) is 0.435. The van der Waals surface area contributed by atoms with Crippen molar-refractivity contribution in [3.63, 3.8) is 0 Å². The van der Waals surface area contributed by atoms with Gasteiger partial charge in [-0.1, -0.05) is 30.3 Å². The topological polar surface area (TPSA) is 129 Å². The highest BCUT2D eigenvalue weighted by atomic mass is 16.7. The van der Waals surface area contributed by atoms with Crippen molar-refractivity contribution in [2.45, 2.75) is 18.5 Å². The van der Waals surface area contributed by atoms with Crippen LogP contribution in [0, 0.1) is 30.3 Å². The Balaban J connectivity index is 3.34. The van der Waals surface area contributed by atoms with Gasteiger partial charge >= 0.3 is 5.66 Å². The van der Waals surface area contributed by atoms with Gasteiger partial charge in [0, 0.05) is 4.92 Å². The van der Waals surface area contributed by atoms with Crippen molar-refractivity contribution >= 4 is 0 Å². The van der Waals surface area contributed by atoms with E-state index < -0.39 is 32.9 Å². The first-order chi connectivity index (χ1) is 8.80. The average molecular weight is 269 g/mol. The van der Waals surface area contributed by atoms with Crippen LogP contribution >= 0.6 is 0 Å². The molecule has 0 N–H and O–H groups in total. The standard InChI is InChI=1S/C10H11N3O6/c1-10(12(16)17,13(18)19)9(7-11(14)15)8-5-3-2-4-6-8/h2-6,9H,7H2,1H3/t9-/m0/s1. The molecule has 0 saturated heterocycles. The molecule has 19 heavy (non-hydrogen) atoms. The second-order valence-electron chi connectivity index (χ2n) is 4.09. The molecule has 0 unspecified atom stereocenters. The highest BCUT2D eigenvalue weighted by Crippen LogP contribution is 2.31. The molecule has 0 saturated carbocycles. The van der Waals surface area contributed by atoms with Crippen molar-refractivity contribution in [1.82, 2.24) is 0 Å². The van der Waals surface area contributed by atoms with Crippen molar-refractivity contribution in [2.75, 3.05) is 6.54 Å². The predicted molar refractivity (Wildman–Crippen MR) is 63.4 cm³/mol. The zero-order chi connectivity index (χ0) is 14.6. The van der Waals surface area contributed by atoms with Crippen LogP contribution in [-0.4, -0.2) is 27.0 Å². The number of nitrogens with zero attached hydrogens (tertiary/aromatic N) is 3. The second kappa shape index (κ2) is 5.38. The van der Waals surface area contributed by atoms with Gasteiger partial charge in [0.2, 0.25) is 6.54 Å². The van der Waals surface area contributed by atoms with E-state index in [9.17, 15) is 30.3 Å². The Kier molecular flexibility index (Phi) is 4.10. The Bertz CT molecular complexity index is 489. The van der Waals surface area contributed by atoms with Crippen LogP contribution in [0.4, 0.5) is 0 Å². The lowest BCUT2D eigenvalue weighted by Gasteiger charge is -2.20. The molecule has 9 nitrogen and oxygen atoms in total. The molecule has 1 rings (SSSR count). The molecule has 1 aromatic carbocycles. The number of hydrogen-bond donors (Lipinski definition) is 0. The summed E-state index contributed by atoms with van der Waals surface area (Å²) in [5.41, 5.74) is -2.45. The fraction of sp³-hybridized carbons (Fsp3) is 0.400. The molecule has 0 radical (unpaired) electrons. The minimum Gasteiger partial charge on any atom is -0.265 e. The van der Waals surface area contributed by atoms with Crippen molar-refractivity contribution < 1.29 is 14.8 Å². The largest absolute Gasteiger partial charge is 0.468 e. The summed E-state index contributed by atoms with van der Waals surface area (Å²) >= 11 is 0. The fourth-order valence-electron chi connectivity index (χ4n) is 1.75. The lowest BCUT2D eigenvalue weighted by atomic mass is 9.87. The summed E-state index contributed by atoms with van der Waals surface area (Å²) in [5, 5.41) is 32.6. The third-order valence-corrected chi connectivity index (χ3v) is 2.93. The molecule has 0 spiro atoms. The van der Waals surface area contributed by atoms with Gasteiger partial charge in [-0.3, -0.25) is 30.3 Å². The molecule has 0 aromatic heterocycles. The first-order valence-corrected chi connectivity index (χ1v) is 5.26. The minimum absolute atomic E-state index is 0.190. The molecule has 0 aliphatic rings. The molecule has 0 heterocycles. The van der Waals surface area contributed by atoms with Crippen LogP contribution in [0.1, 0.15) is 18.4 Å². The number of nitro groups is 3. The molecule has 102 valence electrons. The van der Waals surface area contributed by atoms with Crippen molar-refractivity contribution in [3.05, 3.63) is 66.2 Å². The van der Waals surface area contributed by atoms with Crippen molar-refractivity contribution in [1.29, 1.82) is 0 Å². The van der Waals surface area contributed by atoms with E-state index in [4.69, 9.17) is 0 Å². The smallest absolute Gasteiger partial charge is 0.265 e. The lowest BCUT2D eigenvalue weighted by molar-refractivity contribution is -0.799. The van der Waals surface area contributed by atoms with Crippen LogP contribution in [-0.2, 0) is 0 Å². The van der Waals surface area contributed by atoms with Crippen LogP contribution in [0.2, 0.25) is 0 Å². The average Bonchev–Trinajstić information content (AvgIpc) is 2.35. The molecule has 0 bridgehead atoms. The van der Waals surface area contributed by atoms with Crippen LogP contribution < -0.4 is 0 Å². The van der Waals surface area contributed by atoms with Gasteiger partial charge < -0.3 is 0 Å². The van der Waals surface area contributed by atoms with Gasteiger partial charge in [0.05, 0.1) is 16.8 Å². The lowest BCUT2D eigenvalue weighted by Crippen LogP contribution is -2.50. The number of hydrogen-bond acceptors (Lipinski definition) is 6. The molecule has 1 aromatic rings. The van der Waals surface area contributed by atoms with Gasteiger partial charge in [0.25, 0.3) is 0 Å². The van der Waals surface area contributed by atoms with Gasteiger partial charge in [0.15, 0.2) is 5.92 Å². The molecule has 0 aliphatic heterocycles. The molecular formula is C10H11N3O6.